The summed E-state index contributed by atoms with van der Waals surface area (Å²) in [5.41, 5.74) is 5.02. The van der Waals surface area contributed by atoms with E-state index in [2.05, 4.69) is 76.7 Å². The van der Waals surface area contributed by atoms with Crippen molar-refractivity contribution in [2.24, 2.45) is 0 Å². The molecule has 0 aliphatic carbocycles. The summed E-state index contributed by atoms with van der Waals surface area (Å²) in [6, 6.07) is 6.59. The van der Waals surface area contributed by atoms with E-state index < -0.39 is 0 Å². The molecule has 1 aromatic carbocycles. The normalized spacial score (nSPS) is 11.9. The van der Waals surface area contributed by atoms with Crippen LogP contribution in [0, 0.1) is 13.8 Å². The number of benzene rings is 1. The van der Waals surface area contributed by atoms with Gasteiger partial charge < -0.3 is 9.88 Å². The van der Waals surface area contributed by atoms with Crippen LogP contribution in [0.2, 0.25) is 0 Å². The highest BCUT2D eigenvalue weighted by Gasteiger charge is 2.10. The average Bonchev–Trinajstić information content (AvgIpc) is 2.70. The first kappa shape index (κ1) is 16.2. The lowest BCUT2D eigenvalue weighted by Gasteiger charge is -2.21. The van der Waals surface area contributed by atoms with E-state index in [1.807, 2.05) is 13.3 Å². The van der Waals surface area contributed by atoms with E-state index in [1.54, 1.807) is 0 Å². The molecule has 0 fully saturated rings. The minimum absolute atomic E-state index is 0.136. The molecule has 3 nitrogen and oxygen atoms in total. The zero-order chi connectivity index (χ0) is 15.6. The molecule has 0 radical (unpaired) electrons. The highest BCUT2D eigenvalue weighted by Crippen LogP contribution is 2.21. The zero-order valence-electron chi connectivity index (χ0n) is 13.5. The van der Waals surface area contributed by atoms with Crippen LogP contribution in [0.3, 0.4) is 0 Å². The molecular formula is C17H24BrN3. The van der Waals surface area contributed by atoms with Crippen molar-refractivity contribution in [2.75, 3.05) is 0 Å². The predicted octanol–water partition coefficient (Wildman–Crippen LogP) is 4.20. The van der Waals surface area contributed by atoms with Gasteiger partial charge in [-0.2, -0.15) is 0 Å². The Balaban J connectivity index is 2.11. The summed E-state index contributed by atoms with van der Waals surface area (Å²) in [6.07, 6.45) is 1.91. The van der Waals surface area contributed by atoms with Gasteiger partial charge in [0.1, 0.15) is 0 Å². The van der Waals surface area contributed by atoms with Crippen LogP contribution in [0.1, 0.15) is 43.3 Å². The van der Waals surface area contributed by atoms with Crippen molar-refractivity contribution in [2.45, 2.75) is 53.2 Å². The van der Waals surface area contributed by atoms with Crippen molar-refractivity contribution in [1.82, 2.24) is 14.9 Å². The number of imidazole rings is 1. The van der Waals surface area contributed by atoms with Crippen LogP contribution < -0.4 is 5.32 Å². The first-order valence-electron chi connectivity index (χ1n) is 7.27. The highest BCUT2D eigenvalue weighted by molar-refractivity contribution is 9.10. The van der Waals surface area contributed by atoms with Gasteiger partial charge in [-0.25, -0.2) is 4.98 Å². The second-order valence-corrected chi connectivity index (χ2v) is 7.43. The van der Waals surface area contributed by atoms with E-state index in [1.165, 1.54) is 16.8 Å². The summed E-state index contributed by atoms with van der Waals surface area (Å²) in [6.45, 7) is 12.4. The van der Waals surface area contributed by atoms with Crippen LogP contribution in [0.4, 0.5) is 0 Å². The molecule has 0 aliphatic rings. The molecule has 2 rings (SSSR count). The number of nitrogens with zero attached hydrogens (tertiary/aromatic N) is 2. The third-order valence-electron chi connectivity index (χ3n) is 3.63. The van der Waals surface area contributed by atoms with Gasteiger partial charge in [0.05, 0.1) is 12.0 Å². The first-order chi connectivity index (χ1) is 9.76. The maximum Gasteiger partial charge on any atom is 0.0954 e. The van der Waals surface area contributed by atoms with Crippen molar-refractivity contribution in [3.63, 3.8) is 0 Å². The van der Waals surface area contributed by atoms with Crippen LogP contribution in [-0.2, 0) is 13.1 Å². The number of aryl methyl sites for hydroxylation is 1. The lowest BCUT2D eigenvalue weighted by molar-refractivity contribution is 0.424. The van der Waals surface area contributed by atoms with Crippen LogP contribution in [0.5, 0.6) is 0 Å². The maximum absolute atomic E-state index is 4.35. The van der Waals surface area contributed by atoms with E-state index in [-0.39, 0.29) is 5.54 Å². The van der Waals surface area contributed by atoms with Crippen LogP contribution >= 0.6 is 15.9 Å². The van der Waals surface area contributed by atoms with Gasteiger partial charge in [-0.15, -0.1) is 0 Å². The highest BCUT2D eigenvalue weighted by atomic mass is 79.9. The van der Waals surface area contributed by atoms with Crippen LogP contribution in [0.15, 0.2) is 29.0 Å². The van der Waals surface area contributed by atoms with Gasteiger partial charge in [0, 0.05) is 28.8 Å². The molecule has 0 saturated carbocycles. The number of hydrogen-bond acceptors (Lipinski definition) is 2. The summed E-state index contributed by atoms with van der Waals surface area (Å²) in [7, 11) is 0. The Labute approximate surface area is 135 Å². The average molecular weight is 350 g/mol. The van der Waals surface area contributed by atoms with Gasteiger partial charge >= 0.3 is 0 Å². The Kier molecular flexibility index (Phi) is 4.89. The second-order valence-electron chi connectivity index (χ2n) is 6.57. The number of halogens is 1. The largest absolute Gasteiger partial charge is 0.330 e. The fraction of sp³-hybridized carbons (Fsp3) is 0.471. The molecule has 1 N–H and O–H groups in total. The summed E-state index contributed by atoms with van der Waals surface area (Å²) >= 11 is 3.69. The van der Waals surface area contributed by atoms with Crippen molar-refractivity contribution >= 4 is 15.9 Å². The van der Waals surface area contributed by atoms with Gasteiger partial charge in [-0.1, -0.05) is 28.1 Å². The third-order valence-corrected chi connectivity index (χ3v) is 4.36. The fourth-order valence-electron chi connectivity index (χ4n) is 2.08. The smallest absolute Gasteiger partial charge is 0.0954 e. The summed E-state index contributed by atoms with van der Waals surface area (Å²) in [4.78, 5) is 4.35. The topological polar surface area (TPSA) is 29.9 Å². The molecular weight excluding hydrogens is 326 g/mol. The van der Waals surface area contributed by atoms with Gasteiger partial charge in [0.25, 0.3) is 0 Å². The molecule has 2 aromatic rings. The van der Waals surface area contributed by atoms with Gasteiger partial charge in [-0.05, 0) is 51.8 Å². The molecule has 0 spiro atoms. The number of hydrogen-bond donors (Lipinski definition) is 1. The number of rotatable bonds is 4. The molecule has 0 aliphatic heterocycles. The van der Waals surface area contributed by atoms with E-state index in [0.717, 1.165) is 23.3 Å². The second kappa shape index (κ2) is 6.32. The molecule has 1 aromatic heterocycles. The molecule has 4 heteroatoms. The Morgan fingerprint density at radius 3 is 2.48 bits per heavy atom. The van der Waals surface area contributed by atoms with Crippen LogP contribution in [-0.4, -0.2) is 15.1 Å². The minimum atomic E-state index is 0.136. The minimum Gasteiger partial charge on any atom is -0.330 e. The molecule has 21 heavy (non-hydrogen) atoms. The monoisotopic (exact) mass is 349 g/mol. The predicted molar refractivity (Wildman–Crippen MR) is 91.5 cm³/mol. The third kappa shape index (κ3) is 4.42. The first-order valence-corrected chi connectivity index (χ1v) is 8.06. The van der Waals surface area contributed by atoms with Gasteiger partial charge in [-0.3, -0.25) is 0 Å². The number of aromatic nitrogens is 2. The lowest BCUT2D eigenvalue weighted by Crippen LogP contribution is -2.35. The van der Waals surface area contributed by atoms with E-state index in [4.69, 9.17) is 0 Å². The Morgan fingerprint density at radius 2 is 1.95 bits per heavy atom. The molecule has 0 atom stereocenters. The lowest BCUT2D eigenvalue weighted by atomic mass is 10.1. The summed E-state index contributed by atoms with van der Waals surface area (Å²) in [5, 5.41) is 3.51. The van der Waals surface area contributed by atoms with Crippen molar-refractivity contribution < 1.29 is 0 Å². The van der Waals surface area contributed by atoms with E-state index in [9.17, 15) is 0 Å². The van der Waals surface area contributed by atoms with E-state index in [0.29, 0.717) is 0 Å². The molecule has 0 unspecified atom stereocenters. The SMILES string of the molecule is Cc1ncn(Cc2ccc(CNC(C)(C)C)cc2Br)c1C. The zero-order valence-corrected chi connectivity index (χ0v) is 15.1. The summed E-state index contributed by atoms with van der Waals surface area (Å²) in [5.74, 6) is 0. The van der Waals surface area contributed by atoms with Gasteiger partial charge in [0.15, 0.2) is 0 Å². The van der Waals surface area contributed by atoms with Crippen molar-refractivity contribution in [3.8, 4) is 0 Å². The fourth-order valence-corrected chi connectivity index (χ4v) is 2.63. The van der Waals surface area contributed by atoms with E-state index >= 15 is 0 Å². The molecule has 0 saturated heterocycles. The molecule has 0 bridgehead atoms. The van der Waals surface area contributed by atoms with Crippen molar-refractivity contribution in [3.05, 3.63) is 51.5 Å². The molecule has 1 heterocycles. The summed E-state index contributed by atoms with van der Waals surface area (Å²) < 4.78 is 3.34. The Bertz CT molecular complexity index is 623. The van der Waals surface area contributed by atoms with Crippen molar-refractivity contribution in [1.29, 1.82) is 0 Å². The Hall–Kier alpha value is -1.13. The van der Waals surface area contributed by atoms with Gasteiger partial charge in [0.2, 0.25) is 0 Å². The molecule has 0 amide bonds. The molecule has 114 valence electrons. The quantitative estimate of drug-likeness (QED) is 0.896. The standard InChI is InChI=1S/C17H24BrN3/c1-12-13(2)21(11-19-12)10-15-7-6-14(8-16(15)18)9-20-17(3,4)5/h6-8,11,20H,9-10H2,1-5H3. The number of nitrogens with one attached hydrogen (secondary N) is 1. The maximum atomic E-state index is 4.35. The Morgan fingerprint density at radius 1 is 1.24 bits per heavy atom. The van der Waals surface area contributed by atoms with Crippen LogP contribution in [0.25, 0.3) is 0 Å².